The molecule has 0 fully saturated rings. The van der Waals surface area contributed by atoms with Crippen LogP contribution >= 0.6 is 0 Å². The third-order valence-electron chi connectivity index (χ3n) is 4.91. The van der Waals surface area contributed by atoms with Crippen molar-refractivity contribution in [3.63, 3.8) is 0 Å². The largest absolute Gasteiger partial charge is 0.418 e. The van der Waals surface area contributed by atoms with Gasteiger partial charge in [0.2, 0.25) is 5.91 Å². The van der Waals surface area contributed by atoms with Gasteiger partial charge in [-0.15, -0.1) is 0 Å². The van der Waals surface area contributed by atoms with Crippen LogP contribution in [-0.2, 0) is 11.0 Å². The van der Waals surface area contributed by atoms with E-state index in [1.807, 2.05) is 30.3 Å². The Kier molecular flexibility index (Phi) is 6.18. The van der Waals surface area contributed by atoms with Crippen molar-refractivity contribution in [2.24, 2.45) is 0 Å². The van der Waals surface area contributed by atoms with Gasteiger partial charge in [0, 0.05) is 18.2 Å². The van der Waals surface area contributed by atoms with E-state index in [0.29, 0.717) is 11.4 Å². The molecule has 1 aromatic heterocycles. The van der Waals surface area contributed by atoms with Gasteiger partial charge in [0.1, 0.15) is 5.69 Å². The van der Waals surface area contributed by atoms with Gasteiger partial charge in [-0.3, -0.25) is 9.59 Å². The van der Waals surface area contributed by atoms with Crippen LogP contribution in [0.2, 0.25) is 0 Å². The molecular weight excluding hydrogens is 445 g/mol. The standard InChI is InChI=1S/C25H19F3N4O2/c1-16(33)29-18-12-13-21(20(14-18)25(26,27)28)30-24(34)23-15-22(17-8-4-2-5-9-17)31-32(23)19-10-6-3-7-11-19/h2-15H,1H3,(H,29,33)(H,30,34). The van der Waals surface area contributed by atoms with Gasteiger partial charge in [0.15, 0.2) is 0 Å². The first-order valence-corrected chi connectivity index (χ1v) is 10.2. The Morgan fingerprint density at radius 2 is 1.50 bits per heavy atom. The van der Waals surface area contributed by atoms with Crippen LogP contribution in [0.5, 0.6) is 0 Å². The summed E-state index contributed by atoms with van der Waals surface area (Å²) in [5, 5.41) is 9.19. The lowest BCUT2D eigenvalue weighted by atomic mass is 10.1. The lowest BCUT2D eigenvalue weighted by Gasteiger charge is -2.16. The molecule has 0 atom stereocenters. The molecule has 34 heavy (non-hydrogen) atoms. The monoisotopic (exact) mass is 464 g/mol. The SMILES string of the molecule is CC(=O)Nc1ccc(NC(=O)c2cc(-c3ccccc3)nn2-c2ccccc2)c(C(F)(F)F)c1. The molecule has 2 N–H and O–H groups in total. The Hall–Kier alpha value is -4.40. The van der Waals surface area contributed by atoms with Crippen molar-refractivity contribution in [3.05, 3.63) is 96.2 Å². The normalized spacial score (nSPS) is 11.2. The summed E-state index contributed by atoms with van der Waals surface area (Å²) < 4.78 is 42.5. The molecule has 172 valence electrons. The number of amides is 2. The summed E-state index contributed by atoms with van der Waals surface area (Å²) in [6.07, 6.45) is -4.76. The predicted molar refractivity (Wildman–Crippen MR) is 123 cm³/mol. The smallest absolute Gasteiger partial charge is 0.326 e. The summed E-state index contributed by atoms with van der Waals surface area (Å²) in [6.45, 7) is 1.19. The van der Waals surface area contributed by atoms with E-state index in [9.17, 15) is 22.8 Å². The van der Waals surface area contributed by atoms with E-state index in [1.54, 1.807) is 30.3 Å². The molecule has 0 spiro atoms. The molecule has 0 saturated heterocycles. The number of hydrogen-bond acceptors (Lipinski definition) is 3. The number of nitrogens with one attached hydrogen (secondary N) is 2. The zero-order valence-corrected chi connectivity index (χ0v) is 17.9. The van der Waals surface area contributed by atoms with Gasteiger partial charge in [-0.1, -0.05) is 48.5 Å². The van der Waals surface area contributed by atoms with Crippen LogP contribution in [0.1, 0.15) is 23.0 Å². The average Bonchev–Trinajstić information content (AvgIpc) is 3.26. The van der Waals surface area contributed by atoms with Crippen LogP contribution in [0, 0.1) is 0 Å². The van der Waals surface area contributed by atoms with Crippen LogP contribution in [0.25, 0.3) is 16.9 Å². The van der Waals surface area contributed by atoms with Crippen molar-refractivity contribution in [3.8, 4) is 16.9 Å². The maximum atomic E-state index is 13.7. The third kappa shape index (κ3) is 4.98. The van der Waals surface area contributed by atoms with Crippen molar-refractivity contribution in [2.75, 3.05) is 10.6 Å². The molecule has 0 radical (unpaired) electrons. The van der Waals surface area contributed by atoms with E-state index in [-0.39, 0.29) is 11.4 Å². The summed E-state index contributed by atoms with van der Waals surface area (Å²) in [4.78, 5) is 24.4. The summed E-state index contributed by atoms with van der Waals surface area (Å²) in [5.41, 5.74) is 0.331. The number of rotatable bonds is 5. The number of nitrogens with zero attached hydrogens (tertiary/aromatic N) is 2. The van der Waals surface area contributed by atoms with Gasteiger partial charge in [-0.2, -0.15) is 18.3 Å². The lowest BCUT2D eigenvalue weighted by Crippen LogP contribution is -2.20. The number of anilines is 2. The summed E-state index contributed by atoms with van der Waals surface area (Å²) in [6, 6.07) is 22.6. The first-order chi connectivity index (χ1) is 16.2. The van der Waals surface area contributed by atoms with Gasteiger partial charge in [0.05, 0.1) is 22.6 Å². The van der Waals surface area contributed by atoms with Gasteiger partial charge in [-0.05, 0) is 36.4 Å². The van der Waals surface area contributed by atoms with Crippen molar-refractivity contribution < 1.29 is 22.8 Å². The highest BCUT2D eigenvalue weighted by atomic mass is 19.4. The van der Waals surface area contributed by atoms with Crippen molar-refractivity contribution >= 4 is 23.2 Å². The fourth-order valence-electron chi connectivity index (χ4n) is 3.41. The number of halogens is 3. The van der Waals surface area contributed by atoms with E-state index in [4.69, 9.17) is 0 Å². The molecule has 0 aliphatic carbocycles. The minimum atomic E-state index is -4.76. The molecule has 2 amide bonds. The molecule has 1 heterocycles. The van der Waals surface area contributed by atoms with Crippen LogP contribution in [0.15, 0.2) is 84.9 Å². The summed E-state index contributed by atoms with van der Waals surface area (Å²) in [7, 11) is 0. The second kappa shape index (κ2) is 9.22. The first kappa shape index (κ1) is 22.8. The second-order valence-corrected chi connectivity index (χ2v) is 7.42. The molecule has 3 aromatic carbocycles. The van der Waals surface area contributed by atoms with E-state index < -0.39 is 29.2 Å². The van der Waals surface area contributed by atoms with Crippen molar-refractivity contribution in [1.82, 2.24) is 9.78 Å². The highest BCUT2D eigenvalue weighted by molar-refractivity contribution is 6.05. The molecule has 0 bridgehead atoms. The highest BCUT2D eigenvalue weighted by Gasteiger charge is 2.35. The molecule has 0 saturated carbocycles. The van der Waals surface area contributed by atoms with Crippen LogP contribution in [0.4, 0.5) is 24.5 Å². The Bertz CT molecular complexity index is 1330. The fourth-order valence-corrected chi connectivity index (χ4v) is 3.41. The number of aromatic nitrogens is 2. The number of alkyl halides is 3. The van der Waals surface area contributed by atoms with E-state index >= 15 is 0 Å². The first-order valence-electron chi connectivity index (χ1n) is 10.2. The van der Waals surface area contributed by atoms with Crippen molar-refractivity contribution in [1.29, 1.82) is 0 Å². The van der Waals surface area contributed by atoms with Crippen LogP contribution < -0.4 is 10.6 Å². The van der Waals surface area contributed by atoms with Crippen LogP contribution in [0.3, 0.4) is 0 Å². The van der Waals surface area contributed by atoms with E-state index in [0.717, 1.165) is 17.7 Å². The maximum absolute atomic E-state index is 13.7. The number of benzene rings is 3. The molecule has 0 aliphatic rings. The topological polar surface area (TPSA) is 76.0 Å². The van der Waals surface area contributed by atoms with Gasteiger partial charge in [0.25, 0.3) is 5.91 Å². The second-order valence-electron chi connectivity index (χ2n) is 7.42. The fraction of sp³-hybridized carbons (Fsp3) is 0.0800. The maximum Gasteiger partial charge on any atom is 0.418 e. The third-order valence-corrected chi connectivity index (χ3v) is 4.91. The van der Waals surface area contributed by atoms with Gasteiger partial charge < -0.3 is 10.6 Å². The Balaban J connectivity index is 1.75. The molecule has 0 aliphatic heterocycles. The molecule has 4 aromatic rings. The zero-order valence-electron chi connectivity index (χ0n) is 17.9. The van der Waals surface area contributed by atoms with Gasteiger partial charge >= 0.3 is 6.18 Å². The lowest BCUT2D eigenvalue weighted by molar-refractivity contribution is -0.137. The summed E-state index contributed by atoms with van der Waals surface area (Å²) >= 11 is 0. The summed E-state index contributed by atoms with van der Waals surface area (Å²) in [5.74, 6) is -1.28. The Morgan fingerprint density at radius 1 is 0.853 bits per heavy atom. The molecule has 6 nitrogen and oxygen atoms in total. The highest BCUT2D eigenvalue weighted by Crippen LogP contribution is 2.37. The number of para-hydroxylation sites is 1. The molecular formula is C25H19F3N4O2. The molecule has 0 unspecified atom stereocenters. The minimum absolute atomic E-state index is 0.0292. The van der Waals surface area contributed by atoms with Crippen LogP contribution in [-0.4, -0.2) is 21.6 Å². The number of hydrogen-bond donors (Lipinski definition) is 2. The quantitative estimate of drug-likeness (QED) is 0.394. The number of carbonyl (C=O) groups excluding carboxylic acids is 2. The zero-order chi connectivity index (χ0) is 24.3. The predicted octanol–water partition coefficient (Wildman–Crippen LogP) is 5.77. The molecule has 9 heteroatoms. The average molecular weight is 464 g/mol. The Labute approximate surface area is 193 Å². The van der Waals surface area contributed by atoms with E-state index in [2.05, 4.69) is 15.7 Å². The van der Waals surface area contributed by atoms with Crippen molar-refractivity contribution in [2.45, 2.75) is 13.1 Å². The van der Waals surface area contributed by atoms with E-state index in [1.165, 1.54) is 23.7 Å². The molecule has 4 rings (SSSR count). The van der Waals surface area contributed by atoms with Gasteiger partial charge in [-0.25, -0.2) is 4.68 Å². The Morgan fingerprint density at radius 3 is 2.12 bits per heavy atom. The minimum Gasteiger partial charge on any atom is -0.326 e. The number of carbonyl (C=O) groups is 2.